The molecule has 0 aliphatic carbocycles. The van der Waals surface area contributed by atoms with Crippen molar-refractivity contribution in [2.75, 3.05) is 0 Å². The van der Waals surface area contributed by atoms with E-state index in [1.807, 2.05) is 49.4 Å². The molecule has 2 aromatic heterocycles. The van der Waals surface area contributed by atoms with Crippen LogP contribution in [0.25, 0.3) is 33.9 Å². The van der Waals surface area contributed by atoms with E-state index >= 15 is 0 Å². The molecule has 0 aliphatic heterocycles. The molecule has 0 bridgehead atoms. The summed E-state index contributed by atoms with van der Waals surface area (Å²) in [6.07, 6.45) is 1.60. The zero-order chi connectivity index (χ0) is 22.1. The Balaban J connectivity index is 1.38. The highest BCUT2D eigenvalue weighted by Crippen LogP contribution is 2.28. The van der Waals surface area contributed by atoms with Crippen LogP contribution in [-0.2, 0) is 0 Å². The molecule has 2 heterocycles. The standard InChI is InChI=1S/C25H17N3O4/c1-16-4-2-6-18(12-16)25-27-22-14-19(8-10-24(22)32-25)26-15-21-9-11-23(31-21)17-5-3-7-20(13-17)28(29)30/h2-15H,1H3. The number of oxazole rings is 1. The number of aliphatic imine (C=N–C) groups is 1. The number of aromatic nitrogens is 1. The molecule has 32 heavy (non-hydrogen) atoms. The van der Waals surface area contributed by atoms with Crippen LogP contribution in [0.3, 0.4) is 0 Å². The van der Waals surface area contributed by atoms with Crippen molar-refractivity contribution in [3.63, 3.8) is 0 Å². The maximum atomic E-state index is 11.0. The molecule has 0 saturated heterocycles. The molecule has 0 spiro atoms. The third-order valence-electron chi connectivity index (χ3n) is 4.95. The van der Waals surface area contributed by atoms with Crippen LogP contribution in [-0.4, -0.2) is 16.1 Å². The highest BCUT2D eigenvalue weighted by atomic mass is 16.6. The first-order valence-electron chi connectivity index (χ1n) is 9.91. The van der Waals surface area contributed by atoms with E-state index in [0.717, 1.165) is 11.1 Å². The lowest BCUT2D eigenvalue weighted by atomic mass is 10.1. The van der Waals surface area contributed by atoms with E-state index in [9.17, 15) is 10.1 Å². The van der Waals surface area contributed by atoms with Gasteiger partial charge in [0.1, 0.15) is 17.0 Å². The van der Waals surface area contributed by atoms with Gasteiger partial charge in [-0.05, 0) is 49.4 Å². The average molecular weight is 423 g/mol. The zero-order valence-electron chi connectivity index (χ0n) is 17.1. The minimum Gasteiger partial charge on any atom is -0.455 e. The summed E-state index contributed by atoms with van der Waals surface area (Å²) in [5.74, 6) is 1.63. The van der Waals surface area contributed by atoms with Gasteiger partial charge in [0.15, 0.2) is 5.58 Å². The van der Waals surface area contributed by atoms with Crippen molar-refractivity contribution in [2.45, 2.75) is 6.92 Å². The number of hydrogen-bond donors (Lipinski definition) is 0. The van der Waals surface area contributed by atoms with Crippen molar-refractivity contribution in [1.82, 2.24) is 4.98 Å². The van der Waals surface area contributed by atoms with Crippen molar-refractivity contribution in [2.24, 2.45) is 4.99 Å². The second-order valence-electron chi connectivity index (χ2n) is 7.31. The van der Waals surface area contributed by atoms with Gasteiger partial charge in [0.05, 0.1) is 16.8 Å². The largest absolute Gasteiger partial charge is 0.455 e. The van der Waals surface area contributed by atoms with Crippen molar-refractivity contribution in [3.05, 3.63) is 100 Å². The van der Waals surface area contributed by atoms with Gasteiger partial charge in [-0.15, -0.1) is 0 Å². The van der Waals surface area contributed by atoms with Crippen LogP contribution in [0, 0.1) is 17.0 Å². The van der Waals surface area contributed by atoms with Gasteiger partial charge in [-0.2, -0.15) is 0 Å². The summed E-state index contributed by atoms with van der Waals surface area (Å²) in [5, 5.41) is 11.0. The number of hydrogen-bond acceptors (Lipinski definition) is 6. The Labute approximate surface area is 182 Å². The molecule has 0 radical (unpaired) electrons. The Morgan fingerprint density at radius 3 is 2.62 bits per heavy atom. The summed E-state index contributed by atoms with van der Waals surface area (Å²) in [6, 6.07) is 23.4. The molecule has 5 aromatic rings. The van der Waals surface area contributed by atoms with Gasteiger partial charge in [0, 0.05) is 23.3 Å². The molecular weight excluding hydrogens is 406 g/mol. The van der Waals surface area contributed by atoms with E-state index in [-0.39, 0.29) is 5.69 Å². The first kappa shape index (κ1) is 19.4. The van der Waals surface area contributed by atoms with Crippen LogP contribution in [0.2, 0.25) is 0 Å². The topological polar surface area (TPSA) is 94.7 Å². The Hall–Kier alpha value is -4.52. The number of benzene rings is 3. The fourth-order valence-electron chi connectivity index (χ4n) is 3.39. The van der Waals surface area contributed by atoms with E-state index in [4.69, 9.17) is 8.83 Å². The van der Waals surface area contributed by atoms with Crippen LogP contribution in [0.5, 0.6) is 0 Å². The van der Waals surface area contributed by atoms with Crippen LogP contribution in [0.4, 0.5) is 11.4 Å². The summed E-state index contributed by atoms with van der Waals surface area (Å²) in [5.41, 5.74) is 4.81. The highest BCUT2D eigenvalue weighted by molar-refractivity contribution is 5.83. The lowest BCUT2D eigenvalue weighted by molar-refractivity contribution is -0.384. The number of non-ortho nitro benzene ring substituents is 1. The molecule has 7 nitrogen and oxygen atoms in total. The van der Waals surface area contributed by atoms with Crippen LogP contribution >= 0.6 is 0 Å². The SMILES string of the molecule is Cc1cccc(-c2nc3cc(N=Cc4ccc(-c5cccc([N+](=O)[O-])c5)o4)ccc3o2)c1. The Morgan fingerprint density at radius 2 is 1.78 bits per heavy atom. The minimum absolute atomic E-state index is 0.0139. The molecule has 0 amide bonds. The molecule has 3 aromatic carbocycles. The summed E-state index contributed by atoms with van der Waals surface area (Å²) >= 11 is 0. The van der Waals surface area contributed by atoms with Crippen LogP contribution < -0.4 is 0 Å². The molecule has 0 N–H and O–H groups in total. The first-order valence-corrected chi connectivity index (χ1v) is 9.91. The number of furan rings is 1. The Morgan fingerprint density at radius 1 is 0.938 bits per heavy atom. The van der Waals surface area contributed by atoms with Crippen molar-refractivity contribution < 1.29 is 13.8 Å². The summed E-state index contributed by atoms with van der Waals surface area (Å²) in [6.45, 7) is 2.03. The molecule has 0 aliphatic rings. The van der Waals surface area contributed by atoms with Gasteiger partial charge in [0.25, 0.3) is 5.69 Å². The van der Waals surface area contributed by atoms with E-state index in [1.54, 1.807) is 30.5 Å². The Kier molecular flexibility index (Phi) is 4.84. The van der Waals surface area contributed by atoms with Gasteiger partial charge >= 0.3 is 0 Å². The molecule has 0 fully saturated rings. The van der Waals surface area contributed by atoms with Gasteiger partial charge in [-0.1, -0.05) is 29.8 Å². The van der Waals surface area contributed by atoms with Crippen molar-refractivity contribution in [3.8, 4) is 22.8 Å². The maximum absolute atomic E-state index is 11.0. The number of fused-ring (bicyclic) bond motifs is 1. The summed E-state index contributed by atoms with van der Waals surface area (Å²) in [4.78, 5) is 19.6. The predicted octanol–water partition coefficient (Wildman–Crippen LogP) is 6.72. The third kappa shape index (κ3) is 3.91. The molecule has 0 atom stereocenters. The van der Waals surface area contributed by atoms with Crippen LogP contribution in [0.15, 0.2) is 92.7 Å². The smallest absolute Gasteiger partial charge is 0.270 e. The number of aryl methyl sites for hydroxylation is 1. The van der Waals surface area contributed by atoms with Crippen molar-refractivity contribution >= 4 is 28.7 Å². The van der Waals surface area contributed by atoms with Gasteiger partial charge in [-0.25, -0.2) is 4.98 Å². The van der Waals surface area contributed by atoms with E-state index in [0.29, 0.717) is 39.8 Å². The third-order valence-corrected chi connectivity index (χ3v) is 4.95. The number of nitrogens with zero attached hydrogens (tertiary/aromatic N) is 3. The van der Waals surface area contributed by atoms with Gasteiger partial charge < -0.3 is 8.83 Å². The fraction of sp³-hybridized carbons (Fsp3) is 0.0400. The van der Waals surface area contributed by atoms with Crippen LogP contribution in [0.1, 0.15) is 11.3 Å². The van der Waals surface area contributed by atoms with Gasteiger partial charge in [0.2, 0.25) is 5.89 Å². The second kappa shape index (κ2) is 7.96. The quantitative estimate of drug-likeness (QED) is 0.178. The highest BCUT2D eigenvalue weighted by Gasteiger charge is 2.11. The molecular formula is C25H17N3O4. The maximum Gasteiger partial charge on any atom is 0.270 e. The predicted molar refractivity (Wildman–Crippen MR) is 122 cm³/mol. The number of rotatable bonds is 5. The van der Waals surface area contributed by atoms with Gasteiger partial charge in [-0.3, -0.25) is 15.1 Å². The minimum atomic E-state index is -0.431. The summed E-state index contributed by atoms with van der Waals surface area (Å²) in [7, 11) is 0. The normalized spacial score (nSPS) is 11.4. The van der Waals surface area contributed by atoms with E-state index in [1.165, 1.54) is 12.1 Å². The lowest BCUT2D eigenvalue weighted by Gasteiger charge is -1.97. The molecule has 5 rings (SSSR count). The van der Waals surface area contributed by atoms with Crippen molar-refractivity contribution in [1.29, 1.82) is 0 Å². The molecule has 0 saturated carbocycles. The summed E-state index contributed by atoms with van der Waals surface area (Å²) < 4.78 is 11.7. The number of nitro groups is 1. The van der Waals surface area contributed by atoms with E-state index in [2.05, 4.69) is 9.98 Å². The zero-order valence-corrected chi connectivity index (χ0v) is 17.1. The lowest BCUT2D eigenvalue weighted by Crippen LogP contribution is -1.87. The monoisotopic (exact) mass is 423 g/mol. The number of nitro benzene ring substituents is 1. The second-order valence-corrected chi connectivity index (χ2v) is 7.31. The molecule has 0 unspecified atom stereocenters. The molecule has 156 valence electrons. The average Bonchev–Trinajstić information content (AvgIpc) is 3.44. The first-order chi connectivity index (χ1) is 15.5. The fourth-order valence-corrected chi connectivity index (χ4v) is 3.39. The Bertz CT molecular complexity index is 1480. The molecule has 7 heteroatoms. The van der Waals surface area contributed by atoms with E-state index < -0.39 is 4.92 Å².